The molecule has 2 aromatic rings. The Labute approximate surface area is 148 Å². The average molecular weight is 358 g/mol. The number of hydrogen-bond donors (Lipinski definition) is 3. The molecule has 0 fully saturated rings. The van der Waals surface area contributed by atoms with Gasteiger partial charge in [0.05, 0.1) is 11.3 Å². The molecule has 8 nitrogen and oxygen atoms in total. The highest BCUT2D eigenvalue weighted by Crippen LogP contribution is 2.11. The Kier molecular flexibility index (Phi) is 6.13. The second-order valence-electron chi connectivity index (χ2n) is 4.92. The van der Waals surface area contributed by atoms with Gasteiger partial charge < -0.3 is 5.32 Å². The molecule has 0 aliphatic carbocycles. The molecule has 0 saturated heterocycles. The molecule has 2 rings (SSSR count). The summed E-state index contributed by atoms with van der Waals surface area (Å²) < 4.78 is 0. The molecule has 0 unspecified atom stereocenters. The molecule has 0 aliphatic rings. The van der Waals surface area contributed by atoms with Crippen LogP contribution < -0.4 is 16.2 Å². The van der Waals surface area contributed by atoms with Gasteiger partial charge in [0.15, 0.2) is 5.11 Å². The van der Waals surface area contributed by atoms with Crippen LogP contribution in [0, 0.1) is 10.1 Å². The van der Waals surface area contributed by atoms with Crippen LogP contribution >= 0.6 is 12.2 Å². The van der Waals surface area contributed by atoms with Crippen LogP contribution in [0.3, 0.4) is 0 Å². The number of rotatable bonds is 4. The second-order valence-corrected chi connectivity index (χ2v) is 5.33. The fraction of sp³-hybridized carbons (Fsp3) is 0.0625. The van der Waals surface area contributed by atoms with Crippen molar-refractivity contribution < 1.29 is 14.5 Å². The first kappa shape index (κ1) is 18.0. The van der Waals surface area contributed by atoms with Crippen molar-refractivity contribution in [1.29, 1.82) is 0 Å². The Morgan fingerprint density at radius 1 is 1.00 bits per heavy atom. The molecule has 0 aromatic heterocycles. The Bertz CT molecular complexity index is 794. The summed E-state index contributed by atoms with van der Waals surface area (Å²) in [5.74, 6) is -0.872. The first-order chi connectivity index (χ1) is 12.0. The molecule has 2 amide bonds. The number of carbonyl (C=O) groups is 2. The molecule has 3 N–H and O–H groups in total. The Morgan fingerprint density at radius 2 is 1.64 bits per heavy atom. The monoisotopic (exact) mass is 358 g/mol. The fourth-order valence-electron chi connectivity index (χ4n) is 1.90. The summed E-state index contributed by atoms with van der Waals surface area (Å²) >= 11 is 4.92. The van der Waals surface area contributed by atoms with Crippen molar-refractivity contribution in [3.05, 3.63) is 75.8 Å². The molecule has 0 saturated carbocycles. The zero-order chi connectivity index (χ0) is 18.2. The SMILES string of the molecule is O=C(Cc1ccccc1)NC(=S)NNC(=O)c1ccc([N+](=O)[O-])cc1. The van der Waals surface area contributed by atoms with Gasteiger partial charge in [0.25, 0.3) is 11.6 Å². The topological polar surface area (TPSA) is 113 Å². The van der Waals surface area contributed by atoms with Gasteiger partial charge in [-0.25, -0.2) is 0 Å². The molecule has 0 aliphatic heterocycles. The summed E-state index contributed by atoms with van der Waals surface area (Å²) in [4.78, 5) is 33.7. The van der Waals surface area contributed by atoms with E-state index in [0.717, 1.165) is 5.56 Å². The molecular formula is C16H14N4O4S. The normalized spacial score (nSPS) is 9.76. The Morgan fingerprint density at radius 3 is 2.24 bits per heavy atom. The number of nitro benzene ring substituents is 1. The third-order valence-electron chi connectivity index (χ3n) is 3.09. The van der Waals surface area contributed by atoms with E-state index >= 15 is 0 Å². The van der Waals surface area contributed by atoms with Crippen LogP contribution in [0.1, 0.15) is 15.9 Å². The molecule has 0 heterocycles. The van der Waals surface area contributed by atoms with Crippen LogP contribution in [-0.4, -0.2) is 21.9 Å². The largest absolute Gasteiger partial charge is 0.302 e. The van der Waals surface area contributed by atoms with Crippen molar-refractivity contribution in [2.75, 3.05) is 0 Å². The number of nitro groups is 1. The molecule has 0 atom stereocenters. The summed E-state index contributed by atoms with van der Waals surface area (Å²) in [5.41, 5.74) is 5.62. The molecule has 25 heavy (non-hydrogen) atoms. The molecular weight excluding hydrogens is 344 g/mol. The van der Waals surface area contributed by atoms with Crippen LogP contribution in [-0.2, 0) is 11.2 Å². The van der Waals surface area contributed by atoms with E-state index in [2.05, 4.69) is 16.2 Å². The standard InChI is InChI=1S/C16H14N4O4S/c21-14(10-11-4-2-1-3-5-11)17-16(25)19-18-15(22)12-6-8-13(9-7-12)20(23)24/h1-9H,10H2,(H,18,22)(H2,17,19,21,25). The van der Waals surface area contributed by atoms with E-state index in [9.17, 15) is 19.7 Å². The first-order valence-corrected chi connectivity index (χ1v) is 7.55. The highest BCUT2D eigenvalue weighted by molar-refractivity contribution is 7.80. The fourth-order valence-corrected chi connectivity index (χ4v) is 2.07. The zero-order valence-electron chi connectivity index (χ0n) is 12.9. The third kappa shape index (κ3) is 5.66. The average Bonchev–Trinajstić information content (AvgIpc) is 2.60. The first-order valence-electron chi connectivity index (χ1n) is 7.14. The summed E-state index contributed by atoms with van der Waals surface area (Å²) in [6.07, 6.45) is 0.152. The number of carbonyl (C=O) groups excluding carboxylic acids is 2. The van der Waals surface area contributed by atoms with Gasteiger partial charge in [0.2, 0.25) is 5.91 Å². The third-order valence-corrected chi connectivity index (χ3v) is 3.29. The summed E-state index contributed by atoms with van der Waals surface area (Å²) in [7, 11) is 0. The van der Waals surface area contributed by atoms with Gasteiger partial charge in [-0.05, 0) is 29.9 Å². The Hall–Kier alpha value is -3.33. The number of nitrogens with zero attached hydrogens (tertiary/aromatic N) is 1. The van der Waals surface area contributed by atoms with Crippen molar-refractivity contribution in [3.8, 4) is 0 Å². The maximum Gasteiger partial charge on any atom is 0.269 e. The van der Waals surface area contributed by atoms with Gasteiger partial charge in [-0.1, -0.05) is 30.3 Å². The lowest BCUT2D eigenvalue weighted by molar-refractivity contribution is -0.384. The van der Waals surface area contributed by atoms with Crippen molar-refractivity contribution >= 4 is 34.8 Å². The number of amides is 2. The van der Waals surface area contributed by atoms with Gasteiger partial charge in [0.1, 0.15) is 0 Å². The van der Waals surface area contributed by atoms with E-state index in [1.807, 2.05) is 30.3 Å². The lowest BCUT2D eigenvalue weighted by Crippen LogP contribution is -2.48. The lowest BCUT2D eigenvalue weighted by Gasteiger charge is -2.10. The van der Waals surface area contributed by atoms with Crippen LogP contribution in [0.2, 0.25) is 0 Å². The van der Waals surface area contributed by atoms with Gasteiger partial charge >= 0.3 is 0 Å². The lowest BCUT2D eigenvalue weighted by atomic mass is 10.1. The van der Waals surface area contributed by atoms with E-state index < -0.39 is 10.8 Å². The number of hydrazine groups is 1. The number of thiocarbonyl (C=S) groups is 1. The predicted molar refractivity (Wildman–Crippen MR) is 94.6 cm³/mol. The molecule has 0 radical (unpaired) electrons. The molecule has 9 heteroatoms. The van der Waals surface area contributed by atoms with Crippen LogP contribution in [0.15, 0.2) is 54.6 Å². The van der Waals surface area contributed by atoms with E-state index in [4.69, 9.17) is 12.2 Å². The summed E-state index contributed by atoms with van der Waals surface area (Å²) in [5, 5.41) is 12.9. The number of non-ortho nitro benzene ring substituents is 1. The maximum absolute atomic E-state index is 11.9. The van der Waals surface area contributed by atoms with E-state index in [1.165, 1.54) is 24.3 Å². The zero-order valence-corrected chi connectivity index (χ0v) is 13.7. The second kappa shape index (κ2) is 8.50. The minimum atomic E-state index is -0.558. The highest BCUT2D eigenvalue weighted by Gasteiger charge is 2.10. The molecule has 128 valence electrons. The summed E-state index contributed by atoms with van der Waals surface area (Å²) in [6.45, 7) is 0. The van der Waals surface area contributed by atoms with Gasteiger partial charge in [-0.2, -0.15) is 0 Å². The van der Waals surface area contributed by atoms with E-state index in [0.29, 0.717) is 0 Å². The van der Waals surface area contributed by atoms with Crippen LogP contribution in [0.4, 0.5) is 5.69 Å². The predicted octanol–water partition coefficient (Wildman–Crippen LogP) is 1.47. The summed E-state index contributed by atoms with van der Waals surface area (Å²) in [6, 6.07) is 14.2. The minimum absolute atomic E-state index is 0.0591. The highest BCUT2D eigenvalue weighted by atomic mass is 32.1. The van der Waals surface area contributed by atoms with Gasteiger partial charge in [-0.15, -0.1) is 0 Å². The van der Waals surface area contributed by atoms with Gasteiger partial charge in [0, 0.05) is 17.7 Å². The number of hydrogen-bond acceptors (Lipinski definition) is 5. The molecule has 0 bridgehead atoms. The van der Waals surface area contributed by atoms with Crippen molar-refractivity contribution in [2.45, 2.75) is 6.42 Å². The van der Waals surface area contributed by atoms with Crippen LogP contribution in [0.25, 0.3) is 0 Å². The van der Waals surface area contributed by atoms with Crippen molar-refractivity contribution in [1.82, 2.24) is 16.2 Å². The minimum Gasteiger partial charge on any atom is -0.302 e. The smallest absolute Gasteiger partial charge is 0.269 e. The number of benzene rings is 2. The molecule has 2 aromatic carbocycles. The Balaban J connectivity index is 1.79. The maximum atomic E-state index is 11.9. The van der Waals surface area contributed by atoms with Crippen molar-refractivity contribution in [3.63, 3.8) is 0 Å². The quantitative estimate of drug-likeness (QED) is 0.433. The molecule has 0 spiro atoms. The van der Waals surface area contributed by atoms with Gasteiger partial charge in [-0.3, -0.25) is 30.6 Å². The number of nitrogens with one attached hydrogen (secondary N) is 3. The van der Waals surface area contributed by atoms with E-state index in [-0.39, 0.29) is 28.7 Å². The van der Waals surface area contributed by atoms with E-state index in [1.54, 1.807) is 0 Å². The van der Waals surface area contributed by atoms with Crippen molar-refractivity contribution in [2.24, 2.45) is 0 Å². The van der Waals surface area contributed by atoms with Crippen LogP contribution in [0.5, 0.6) is 0 Å².